The molecule has 0 saturated heterocycles. The van der Waals surface area contributed by atoms with Crippen LogP contribution in [0.3, 0.4) is 0 Å². The van der Waals surface area contributed by atoms with Gasteiger partial charge in [0.25, 0.3) is 5.91 Å². The summed E-state index contributed by atoms with van der Waals surface area (Å²) in [7, 11) is 0. The summed E-state index contributed by atoms with van der Waals surface area (Å²) in [5, 5.41) is 1.95. The minimum Gasteiger partial charge on any atom is -0.491 e. The number of halogens is 1. The van der Waals surface area contributed by atoms with E-state index in [1.54, 1.807) is 11.0 Å². The number of nitrogens with zero attached hydrogens (tertiary/aromatic N) is 1. The molecule has 2 heterocycles. The van der Waals surface area contributed by atoms with Crippen LogP contribution in [-0.2, 0) is 6.54 Å². The van der Waals surface area contributed by atoms with E-state index >= 15 is 0 Å². The second-order valence-corrected chi connectivity index (χ2v) is 5.73. The molecule has 104 valence electrons. The summed E-state index contributed by atoms with van der Waals surface area (Å²) in [4.78, 5) is 14.9. The highest BCUT2D eigenvalue weighted by Crippen LogP contribution is 2.25. The number of aryl methyl sites for hydroxylation is 1. The molecule has 1 amide bonds. The molecule has 3 rings (SSSR count). The van der Waals surface area contributed by atoms with Crippen molar-refractivity contribution in [2.75, 3.05) is 13.2 Å². The fraction of sp³-hybridized carbons (Fsp3) is 0.267. The summed E-state index contributed by atoms with van der Waals surface area (Å²) in [6.45, 7) is 3.27. The van der Waals surface area contributed by atoms with Crippen LogP contribution in [0.4, 0.5) is 4.39 Å². The first-order valence-electron chi connectivity index (χ1n) is 6.39. The van der Waals surface area contributed by atoms with Gasteiger partial charge in [-0.2, -0.15) is 0 Å². The van der Waals surface area contributed by atoms with E-state index < -0.39 is 0 Å². The maximum absolute atomic E-state index is 13.3. The number of hydrogen-bond donors (Lipinski definition) is 0. The quantitative estimate of drug-likeness (QED) is 0.807. The maximum Gasteiger partial charge on any atom is 0.264 e. The lowest BCUT2D eigenvalue weighted by molar-refractivity contribution is 0.0738. The molecular formula is C15H14FNO2S. The monoisotopic (exact) mass is 291 g/mol. The highest BCUT2D eigenvalue weighted by molar-refractivity contribution is 7.12. The van der Waals surface area contributed by atoms with Gasteiger partial charge < -0.3 is 9.64 Å². The molecule has 0 aliphatic carbocycles. The molecule has 0 spiro atoms. The molecule has 3 nitrogen and oxygen atoms in total. The van der Waals surface area contributed by atoms with Crippen LogP contribution in [0.25, 0.3) is 0 Å². The van der Waals surface area contributed by atoms with Crippen molar-refractivity contribution in [1.82, 2.24) is 4.90 Å². The van der Waals surface area contributed by atoms with Crippen molar-refractivity contribution in [3.63, 3.8) is 0 Å². The van der Waals surface area contributed by atoms with Crippen LogP contribution < -0.4 is 4.74 Å². The summed E-state index contributed by atoms with van der Waals surface area (Å²) in [5.41, 5.74) is 1.79. The number of rotatable bonds is 1. The Morgan fingerprint density at radius 2 is 2.25 bits per heavy atom. The summed E-state index contributed by atoms with van der Waals surface area (Å²) in [6, 6.07) is 6.30. The van der Waals surface area contributed by atoms with Crippen LogP contribution in [0.5, 0.6) is 5.75 Å². The smallest absolute Gasteiger partial charge is 0.264 e. The van der Waals surface area contributed by atoms with Crippen molar-refractivity contribution in [3.8, 4) is 5.75 Å². The normalized spacial score (nSPS) is 14.4. The lowest BCUT2D eigenvalue weighted by atomic mass is 10.2. The summed E-state index contributed by atoms with van der Waals surface area (Å²) in [6.07, 6.45) is 0. The van der Waals surface area contributed by atoms with Gasteiger partial charge in [-0.05, 0) is 42.1 Å². The molecule has 1 aromatic carbocycles. The Morgan fingerprint density at radius 3 is 3.00 bits per heavy atom. The largest absolute Gasteiger partial charge is 0.491 e. The second kappa shape index (κ2) is 5.25. The summed E-state index contributed by atoms with van der Waals surface area (Å²) < 4.78 is 18.9. The molecule has 20 heavy (non-hydrogen) atoms. The van der Waals surface area contributed by atoms with Crippen molar-refractivity contribution < 1.29 is 13.9 Å². The first-order valence-corrected chi connectivity index (χ1v) is 7.27. The molecule has 1 aliphatic heterocycles. The molecule has 1 aromatic heterocycles. The van der Waals surface area contributed by atoms with E-state index in [1.807, 2.05) is 18.4 Å². The van der Waals surface area contributed by atoms with Crippen molar-refractivity contribution >= 4 is 17.2 Å². The molecule has 0 N–H and O–H groups in total. The number of hydrogen-bond acceptors (Lipinski definition) is 3. The van der Waals surface area contributed by atoms with Gasteiger partial charge in [-0.3, -0.25) is 4.79 Å². The SMILES string of the molecule is Cc1csc(C(=O)N2CCOc3ccc(F)cc3C2)c1. The Bertz CT molecular complexity index is 653. The lowest BCUT2D eigenvalue weighted by Crippen LogP contribution is -2.31. The Kier molecular flexibility index (Phi) is 3.44. The van der Waals surface area contributed by atoms with Gasteiger partial charge in [0.05, 0.1) is 11.4 Å². The van der Waals surface area contributed by atoms with E-state index in [4.69, 9.17) is 4.74 Å². The fourth-order valence-corrected chi connectivity index (χ4v) is 3.10. The van der Waals surface area contributed by atoms with Gasteiger partial charge >= 0.3 is 0 Å². The van der Waals surface area contributed by atoms with Crippen molar-refractivity contribution in [1.29, 1.82) is 0 Å². The van der Waals surface area contributed by atoms with Gasteiger partial charge in [0.15, 0.2) is 0 Å². The molecule has 0 atom stereocenters. The third-order valence-corrected chi connectivity index (χ3v) is 4.27. The Balaban J connectivity index is 1.86. The number of benzene rings is 1. The van der Waals surface area contributed by atoms with E-state index in [1.165, 1.54) is 23.5 Å². The molecule has 0 fully saturated rings. The van der Waals surface area contributed by atoms with E-state index in [0.29, 0.717) is 35.9 Å². The number of ether oxygens (including phenoxy) is 1. The van der Waals surface area contributed by atoms with Crippen LogP contribution in [0.2, 0.25) is 0 Å². The van der Waals surface area contributed by atoms with Crippen molar-refractivity contribution in [2.45, 2.75) is 13.5 Å². The Morgan fingerprint density at radius 1 is 1.40 bits per heavy atom. The van der Waals surface area contributed by atoms with Crippen LogP contribution >= 0.6 is 11.3 Å². The van der Waals surface area contributed by atoms with Gasteiger partial charge in [-0.1, -0.05) is 0 Å². The first kappa shape index (κ1) is 13.1. The van der Waals surface area contributed by atoms with Gasteiger partial charge in [-0.15, -0.1) is 11.3 Å². The lowest BCUT2D eigenvalue weighted by Gasteiger charge is -2.18. The van der Waals surface area contributed by atoms with Gasteiger partial charge in [-0.25, -0.2) is 4.39 Å². The van der Waals surface area contributed by atoms with Crippen LogP contribution in [-0.4, -0.2) is 24.0 Å². The number of carbonyl (C=O) groups is 1. The summed E-state index contributed by atoms with van der Waals surface area (Å²) >= 11 is 1.44. The molecule has 0 saturated carbocycles. The predicted octanol–water partition coefficient (Wildman–Crippen LogP) is 3.23. The third-order valence-electron chi connectivity index (χ3n) is 3.23. The molecule has 1 aliphatic rings. The third kappa shape index (κ3) is 2.54. The average molecular weight is 291 g/mol. The van der Waals surface area contributed by atoms with Crippen LogP contribution in [0.1, 0.15) is 20.8 Å². The zero-order chi connectivity index (χ0) is 14.1. The zero-order valence-electron chi connectivity index (χ0n) is 11.1. The molecule has 0 bridgehead atoms. The predicted molar refractivity (Wildman–Crippen MR) is 75.7 cm³/mol. The number of carbonyl (C=O) groups excluding carboxylic acids is 1. The summed E-state index contributed by atoms with van der Waals surface area (Å²) in [5.74, 6) is 0.321. The molecule has 2 aromatic rings. The van der Waals surface area contributed by atoms with E-state index in [2.05, 4.69) is 0 Å². The molecular weight excluding hydrogens is 277 g/mol. The minimum absolute atomic E-state index is 0.0242. The van der Waals surface area contributed by atoms with Gasteiger partial charge in [0.2, 0.25) is 0 Å². The standard InChI is InChI=1S/C15H14FNO2S/c1-10-6-14(20-9-10)15(18)17-4-5-19-13-3-2-12(16)7-11(13)8-17/h2-3,6-7,9H,4-5,8H2,1H3. The molecule has 0 radical (unpaired) electrons. The zero-order valence-corrected chi connectivity index (χ0v) is 11.9. The average Bonchev–Trinajstić information content (AvgIpc) is 2.74. The molecule has 0 unspecified atom stereocenters. The van der Waals surface area contributed by atoms with Gasteiger partial charge in [0.1, 0.15) is 18.2 Å². The highest BCUT2D eigenvalue weighted by Gasteiger charge is 2.22. The maximum atomic E-state index is 13.3. The van der Waals surface area contributed by atoms with Crippen LogP contribution in [0, 0.1) is 12.7 Å². The highest BCUT2D eigenvalue weighted by atomic mass is 32.1. The fourth-order valence-electron chi connectivity index (χ4n) is 2.24. The van der Waals surface area contributed by atoms with Crippen molar-refractivity contribution in [3.05, 3.63) is 51.5 Å². The van der Waals surface area contributed by atoms with Crippen LogP contribution in [0.15, 0.2) is 29.6 Å². The molecule has 5 heteroatoms. The topological polar surface area (TPSA) is 29.5 Å². The van der Waals surface area contributed by atoms with Gasteiger partial charge in [0, 0.05) is 12.1 Å². The van der Waals surface area contributed by atoms with Crippen molar-refractivity contribution in [2.24, 2.45) is 0 Å². The number of amides is 1. The van der Waals surface area contributed by atoms with E-state index in [9.17, 15) is 9.18 Å². The first-order chi connectivity index (χ1) is 9.63. The Labute approximate surface area is 120 Å². The number of fused-ring (bicyclic) bond motifs is 1. The number of thiophene rings is 1. The minimum atomic E-state index is -0.311. The van der Waals surface area contributed by atoms with E-state index in [-0.39, 0.29) is 11.7 Å². The Hall–Kier alpha value is -1.88. The van der Waals surface area contributed by atoms with E-state index in [0.717, 1.165) is 5.56 Å². The second-order valence-electron chi connectivity index (χ2n) is 4.82.